The van der Waals surface area contributed by atoms with Gasteiger partial charge in [0, 0.05) is 5.02 Å². The summed E-state index contributed by atoms with van der Waals surface area (Å²) in [5, 5.41) is 0.875. The van der Waals surface area contributed by atoms with Crippen LogP contribution < -0.4 is 0 Å². The van der Waals surface area contributed by atoms with Crippen LogP contribution in [0.15, 0.2) is 24.3 Å². The first kappa shape index (κ1) is 7.88. The lowest BCUT2D eigenvalue weighted by atomic mass is 9.92. The number of hydrogen-bond acceptors (Lipinski definition) is 0. The van der Waals surface area contributed by atoms with Crippen LogP contribution in [0, 0.1) is 6.92 Å². The highest BCUT2D eigenvalue weighted by molar-refractivity contribution is 6.31. The largest absolute Gasteiger partial charge is 0.0840 e. The van der Waals surface area contributed by atoms with E-state index in [1.807, 2.05) is 6.92 Å². The first-order valence-corrected chi connectivity index (χ1v) is 4.61. The van der Waals surface area contributed by atoms with Crippen molar-refractivity contribution in [2.24, 2.45) is 0 Å². The molecule has 0 atom stereocenters. The van der Waals surface area contributed by atoms with Crippen LogP contribution in [0.25, 0.3) is 5.57 Å². The molecule has 1 aliphatic carbocycles. The molecule has 0 saturated heterocycles. The van der Waals surface area contributed by atoms with Crippen molar-refractivity contribution in [1.29, 1.82) is 0 Å². The van der Waals surface area contributed by atoms with Crippen LogP contribution in [0.1, 0.15) is 24.0 Å². The van der Waals surface area contributed by atoms with Crippen molar-refractivity contribution >= 4 is 17.2 Å². The van der Waals surface area contributed by atoms with Crippen molar-refractivity contribution in [1.82, 2.24) is 0 Å². The monoisotopic (exact) mass is 178 g/mol. The van der Waals surface area contributed by atoms with Crippen molar-refractivity contribution in [2.45, 2.75) is 19.8 Å². The van der Waals surface area contributed by atoms with Gasteiger partial charge in [0.15, 0.2) is 0 Å². The summed E-state index contributed by atoms with van der Waals surface area (Å²) in [4.78, 5) is 0. The zero-order chi connectivity index (χ0) is 8.55. The van der Waals surface area contributed by atoms with Gasteiger partial charge in [-0.25, -0.2) is 0 Å². The lowest BCUT2D eigenvalue weighted by molar-refractivity contribution is 0.988. The molecule has 12 heavy (non-hydrogen) atoms. The zero-order valence-corrected chi connectivity index (χ0v) is 7.86. The number of allylic oxidation sites excluding steroid dienone is 2. The van der Waals surface area contributed by atoms with Gasteiger partial charge in [-0.05, 0) is 42.5 Å². The van der Waals surface area contributed by atoms with Gasteiger partial charge in [-0.3, -0.25) is 0 Å². The van der Waals surface area contributed by atoms with Crippen molar-refractivity contribution in [3.8, 4) is 0 Å². The number of hydrogen-bond donors (Lipinski definition) is 0. The first-order chi connectivity index (χ1) is 5.77. The van der Waals surface area contributed by atoms with Crippen LogP contribution in [-0.4, -0.2) is 0 Å². The van der Waals surface area contributed by atoms with E-state index in [0.717, 1.165) is 10.6 Å². The van der Waals surface area contributed by atoms with E-state index in [1.165, 1.54) is 24.0 Å². The van der Waals surface area contributed by atoms with Gasteiger partial charge in [0.05, 0.1) is 0 Å². The van der Waals surface area contributed by atoms with E-state index in [2.05, 4.69) is 24.3 Å². The molecule has 0 aromatic heterocycles. The van der Waals surface area contributed by atoms with Gasteiger partial charge in [0.1, 0.15) is 0 Å². The minimum atomic E-state index is 0.875. The number of benzene rings is 1. The van der Waals surface area contributed by atoms with E-state index < -0.39 is 0 Å². The summed E-state index contributed by atoms with van der Waals surface area (Å²) in [6.45, 7) is 2.03. The fourth-order valence-corrected chi connectivity index (χ4v) is 1.52. The van der Waals surface area contributed by atoms with Gasteiger partial charge in [0.2, 0.25) is 0 Å². The Bertz CT molecular complexity index is 337. The second-order valence-electron chi connectivity index (χ2n) is 3.23. The summed E-state index contributed by atoms with van der Waals surface area (Å²) < 4.78 is 0. The number of halogens is 1. The summed E-state index contributed by atoms with van der Waals surface area (Å²) >= 11 is 6.01. The third kappa shape index (κ3) is 1.27. The number of aryl methyl sites for hydroxylation is 1. The summed E-state index contributed by atoms with van der Waals surface area (Å²) in [6.07, 6.45) is 4.70. The molecule has 0 spiro atoms. The average Bonchev–Trinajstić information content (AvgIpc) is 1.93. The second kappa shape index (κ2) is 2.95. The van der Waals surface area contributed by atoms with Gasteiger partial charge in [-0.2, -0.15) is 0 Å². The molecule has 0 heterocycles. The Morgan fingerprint density at radius 3 is 2.58 bits per heavy atom. The Kier molecular flexibility index (Phi) is 1.93. The molecule has 0 saturated carbocycles. The van der Waals surface area contributed by atoms with E-state index in [4.69, 9.17) is 11.6 Å². The third-order valence-corrected chi connectivity index (χ3v) is 2.75. The van der Waals surface area contributed by atoms with Crippen molar-refractivity contribution < 1.29 is 0 Å². The van der Waals surface area contributed by atoms with E-state index >= 15 is 0 Å². The van der Waals surface area contributed by atoms with Crippen molar-refractivity contribution in [3.05, 3.63) is 40.4 Å². The molecule has 0 amide bonds. The standard InChI is InChI=1S/C11H11Cl/c1-8-5-6-10(7-11(8)12)9-3-2-4-9/h3,5-7H,2,4H2,1H3. The molecule has 0 nitrogen and oxygen atoms in total. The fraction of sp³-hybridized carbons (Fsp3) is 0.273. The maximum atomic E-state index is 6.01. The molecule has 0 fully saturated rings. The minimum absolute atomic E-state index is 0.875. The molecule has 1 aliphatic rings. The van der Waals surface area contributed by atoms with Crippen LogP contribution in [0.2, 0.25) is 5.02 Å². The lowest BCUT2D eigenvalue weighted by Gasteiger charge is -2.15. The van der Waals surface area contributed by atoms with Crippen molar-refractivity contribution in [2.75, 3.05) is 0 Å². The van der Waals surface area contributed by atoms with E-state index in [1.54, 1.807) is 0 Å². The first-order valence-electron chi connectivity index (χ1n) is 4.23. The smallest absolute Gasteiger partial charge is 0.0441 e. The number of rotatable bonds is 1. The predicted molar refractivity (Wildman–Crippen MR) is 53.4 cm³/mol. The molecule has 0 bridgehead atoms. The van der Waals surface area contributed by atoms with Gasteiger partial charge in [-0.15, -0.1) is 0 Å². The van der Waals surface area contributed by atoms with Crippen LogP contribution >= 0.6 is 11.6 Å². The summed E-state index contributed by atoms with van der Waals surface area (Å²) in [7, 11) is 0. The Balaban J connectivity index is 2.40. The fourth-order valence-electron chi connectivity index (χ4n) is 1.34. The Morgan fingerprint density at radius 2 is 2.08 bits per heavy atom. The highest BCUT2D eigenvalue weighted by Gasteiger charge is 2.08. The van der Waals surface area contributed by atoms with E-state index in [-0.39, 0.29) is 0 Å². The van der Waals surface area contributed by atoms with Gasteiger partial charge in [0.25, 0.3) is 0 Å². The SMILES string of the molecule is Cc1ccc(C2=CCC2)cc1Cl. The Hall–Kier alpha value is -0.750. The Morgan fingerprint density at radius 1 is 1.33 bits per heavy atom. The third-order valence-electron chi connectivity index (χ3n) is 2.35. The lowest BCUT2D eigenvalue weighted by Crippen LogP contribution is -1.93. The minimum Gasteiger partial charge on any atom is -0.0840 e. The van der Waals surface area contributed by atoms with E-state index in [0.29, 0.717) is 0 Å². The van der Waals surface area contributed by atoms with Gasteiger partial charge < -0.3 is 0 Å². The molecule has 62 valence electrons. The summed E-state index contributed by atoms with van der Waals surface area (Å²) in [5.41, 5.74) is 3.88. The second-order valence-corrected chi connectivity index (χ2v) is 3.64. The van der Waals surface area contributed by atoms with Crippen LogP contribution in [0.4, 0.5) is 0 Å². The zero-order valence-electron chi connectivity index (χ0n) is 7.10. The molecule has 0 radical (unpaired) electrons. The van der Waals surface area contributed by atoms with Crippen molar-refractivity contribution in [3.63, 3.8) is 0 Å². The topological polar surface area (TPSA) is 0 Å². The van der Waals surface area contributed by atoms with E-state index in [9.17, 15) is 0 Å². The predicted octanol–water partition coefficient (Wildman–Crippen LogP) is 3.83. The van der Waals surface area contributed by atoms with Crippen LogP contribution in [0.3, 0.4) is 0 Å². The molecule has 0 aliphatic heterocycles. The maximum absolute atomic E-state index is 6.01. The molecular formula is C11H11Cl. The molecule has 1 aromatic rings. The average molecular weight is 179 g/mol. The highest BCUT2D eigenvalue weighted by atomic mass is 35.5. The molecule has 1 heteroatoms. The molecular weight excluding hydrogens is 168 g/mol. The highest BCUT2D eigenvalue weighted by Crippen LogP contribution is 2.30. The van der Waals surface area contributed by atoms with Gasteiger partial charge in [-0.1, -0.05) is 29.8 Å². The summed E-state index contributed by atoms with van der Waals surface area (Å²) in [6, 6.07) is 6.28. The van der Waals surface area contributed by atoms with Gasteiger partial charge >= 0.3 is 0 Å². The molecule has 2 rings (SSSR count). The molecule has 0 unspecified atom stereocenters. The Labute approximate surface area is 77.9 Å². The van der Waals surface area contributed by atoms with Crippen LogP contribution in [0.5, 0.6) is 0 Å². The quantitative estimate of drug-likeness (QED) is 0.613. The molecule has 0 N–H and O–H groups in total. The van der Waals surface area contributed by atoms with Crippen LogP contribution in [-0.2, 0) is 0 Å². The normalized spacial score (nSPS) is 15.3. The summed E-state index contributed by atoms with van der Waals surface area (Å²) in [5.74, 6) is 0. The molecule has 1 aromatic carbocycles. The maximum Gasteiger partial charge on any atom is 0.0441 e.